The number of aromatic nitrogens is 2. The average molecular weight is 301 g/mol. The summed E-state index contributed by atoms with van der Waals surface area (Å²) in [7, 11) is 0. The van der Waals surface area contributed by atoms with Gasteiger partial charge in [0.2, 0.25) is 0 Å². The van der Waals surface area contributed by atoms with Gasteiger partial charge in [0.15, 0.2) is 0 Å². The maximum atomic E-state index is 12.0. The Bertz CT molecular complexity index is 623. The molecule has 1 aromatic carbocycles. The van der Waals surface area contributed by atoms with Crippen molar-refractivity contribution in [3.63, 3.8) is 0 Å². The smallest absolute Gasteiger partial charge is 0.303 e. The van der Waals surface area contributed by atoms with Gasteiger partial charge in [-0.25, -0.2) is 4.68 Å². The lowest BCUT2D eigenvalue weighted by atomic mass is 10.2. The van der Waals surface area contributed by atoms with Crippen molar-refractivity contribution >= 4 is 11.9 Å². The molecule has 0 bridgehead atoms. The van der Waals surface area contributed by atoms with Gasteiger partial charge in [-0.2, -0.15) is 5.10 Å². The van der Waals surface area contributed by atoms with Crippen molar-refractivity contribution in [2.45, 2.75) is 25.7 Å². The first-order valence-corrected chi connectivity index (χ1v) is 7.27. The summed E-state index contributed by atoms with van der Waals surface area (Å²) in [4.78, 5) is 22.3. The minimum atomic E-state index is -0.780. The van der Waals surface area contributed by atoms with E-state index in [9.17, 15) is 9.59 Å². The van der Waals surface area contributed by atoms with E-state index in [1.165, 1.54) is 6.20 Å². The first-order valence-electron chi connectivity index (χ1n) is 7.27. The number of hydrogen-bond donors (Lipinski definition) is 2. The van der Waals surface area contributed by atoms with Crippen LogP contribution in [0.4, 0.5) is 0 Å². The van der Waals surface area contributed by atoms with E-state index >= 15 is 0 Å². The molecule has 0 fully saturated rings. The zero-order chi connectivity index (χ0) is 15.8. The highest BCUT2D eigenvalue weighted by molar-refractivity contribution is 5.93. The van der Waals surface area contributed by atoms with Crippen LogP contribution in [0.2, 0.25) is 0 Å². The van der Waals surface area contributed by atoms with Gasteiger partial charge < -0.3 is 10.4 Å². The lowest BCUT2D eigenvalue weighted by Gasteiger charge is -2.03. The molecule has 0 aliphatic rings. The van der Waals surface area contributed by atoms with Gasteiger partial charge in [-0.05, 0) is 25.0 Å². The molecular formula is C16H19N3O3. The molecule has 0 aliphatic carbocycles. The lowest BCUT2D eigenvalue weighted by Crippen LogP contribution is -2.24. The van der Waals surface area contributed by atoms with E-state index in [1.807, 2.05) is 30.3 Å². The third kappa shape index (κ3) is 4.73. The molecule has 2 N–H and O–H groups in total. The van der Waals surface area contributed by atoms with E-state index in [-0.39, 0.29) is 12.3 Å². The standard InChI is InChI=1S/C16H19N3O3/c20-15(21)9-5-2-6-10-17-16(22)13-11-18-19(12-13)14-7-3-1-4-8-14/h1,3-4,7-8,11-12H,2,5-6,9-10H2,(H,17,22)(H,20,21). The number of carbonyl (C=O) groups is 2. The van der Waals surface area contributed by atoms with Crippen LogP contribution in [-0.4, -0.2) is 33.3 Å². The number of carboxylic acids is 1. The van der Waals surface area contributed by atoms with Gasteiger partial charge >= 0.3 is 5.97 Å². The van der Waals surface area contributed by atoms with Crippen LogP contribution in [0.3, 0.4) is 0 Å². The monoisotopic (exact) mass is 301 g/mol. The van der Waals surface area contributed by atoms with Crippen LogP contribution < -0.4 is 5.32 Å². The van der Waals surface area contributed by atoms with E-state index in [4.69, 9.17) is 5.11 Å². The summed E-state index contributed by atoms with van der Waals surface area (Å²) >= 11 is 0. The Balaban J connectivity index is 1.77. The molecular weight excluding hydrogens is 282 g/mol. The molecule has 2 aromatic rings. The molecule has 1 amide bonds. The fraction of sp³-hybridized carbons (Fsp3) is 0.312. The van der Waals surface area contributed by atoms with Gasteiger partial charge in [-0.1, -0.05) is 24.6 Å². The van der Waals surface area contributed by atoms with E-state index in [0.717, 1.165) is 18.5 Å². The van der Waals surface area contributed by atoms with Crippen molar-refractivity contribution in [3.8, 4) is 5.69 Å². The number of hydrogen-bond acceptors (Lipinski definition) is 3. The number of unbranched alkanes of at least 4 members (excludes halogenated alkanes) is 2. The summed E-state index contributed by atoms with van der Waals surface area (Å²) in [6.07, 6.45) is 5.60. The highest BCUT2D eigenvalue weighted by Crippen LogP contribution is 2.07. The number of carbonyl (C=O) groups excluding carboxylic acids is 1. The predicted octanol–water partition coefficient (Wildman–Crippen LogP) is 2.25. The molecule has 1 heterocycles. The maximum Gasteiger partial charge on any atom is 0.303 e. The molecule has 0 saturated heterocycles. The fourth-order valence-corrected chi connectivity index (χ4v) is 2.04. The number of nitrogens with zero attached hydrogens (tertiary/aromatic N) is 2. The number of rotatable bonds is 8. The second-order valence-corrected chi connectivity index (χ2v) is 4.97. The van der Waals surface area contributed by atoms with Crippen LogP contribution in [0.25, 0.3) is 5.69 Å². The molecule has 2 rings (SSSR count). The van der Waals surface area contributed by atoms with Gasteiger partial charge in [0.05, 0.1) is 17.4 Å². The molecule has 0 spiro atoms. The first kappa shape index (κ1) is 15.8. The second kappa shape index (κ2) is 7.97. The Morgan fingerprint density at radius 2 is 1.91 bits per heavy atom. The van der Waals surface area contributed by atoms with Gasteiger partial charge in [-0.3, -0.25) is 9.59 Å². The molecule has 0 aliphatic heterocycles. The third-order valence-electron chi connectivity index (χ3n) is 3.22. The largest absolute Gasteiger partial charge is 0.481 e. The first-order chi connectivity index (χ1) is 10.7. The highest BCUT2D eigenvalue weighted by atomic mass is 16.4. The molecule has 6 nitrogen and oxygen atoms in total. The number of aliphatic carboxylic acids is 1. The second-order valence-electron chi connectivity index (χ2n) is 4.97. The molecule has 22 heavy (non-hydrogen) atoms. The van der Waals surface area contributed by atoms with Crippen LogP contribution in [0.5, 0.6) is 0 Å². The van der Waals surface area contributed by atoms with Crippen molar-refractivity contribution in [1.29, 1.82) is 0 Å². The van der Waals surface area contributed by atoms with Crippen molar-refractivity contribution in [2.75, 3.05) is 6.54 Å². The van der Waals surface area contributed by atoms with E-state index < -0.39 is 5.97 Å². The van der Waals surface area contributed by atoms with E-state index in [2.05, 4.69) is 10.4 Å². The lowest BCUT2D eigenvalue weighted by molar-refractivity contribution is -0.137. The fourth-order valence-electron chi connectivity index (χ4n) is 2.04. The topological polar surface area (TPSA) is 84.2 Å². The zero-order valence-corrected chi connectivity index (χ0v) is 12.2. The quantitative estimate of drug-likeness (QED) is 0.732. The number of amides is 1. The Hall–Kier alpha value is -2.63. The molecule has 0 radical (unpaired) electrons. The SMILES string of the molecule is O=C(O)CCCCCNC(=O)c1cnn(-c2ccccc2)c1. The van der Waals surface area contributed by atoms with Gasteiger partial charge in [-0.15, -0.1) is 0 Å². The molecule has 6 heteroatoms. The van der Waals surface area contributed by atoms with E-state index in [0.29, 0.717) is 18.5 Å². The minimum absolute atomic E-state index is 0.166. The third-order valence-corrected chi connectivity index (χ3v) is 3.22. The Morgan fingerprint density at radius 3 is 2.64 bits per heavy atom. The number of carboxylic acid groups (broad SMARTS) is 1. The Kier molecular flexibility index (Phi) is 5.71. The van der Waals surface area contributed by atoms with Crippen molar-refractivity contribution in [2.24, 2.45) is 0 Å². The Labute approximate surface area is 128 Å². The molecule has 0 saturated carbocycles. The summed E-state index contributed by atoms with van der Waals surface area (Å²) in [5, 5.41) is 15.5. The molecule has 0 unspecified atom stereocenters. The van der Waals surface area contributed by atoms with Gasteiger partial charge in [0.25, 0.3) is 5.91 Å². The number of benzene rings is 1. The highest BCUT2D eigenvalue weighted by Gasteiger charge is 2.08. The van der Waals surface area contributed by atoms with Gasteiger partial charge in [0.1, 0.15) is 0 Å². The predicted molar refractivity (Wildman–Crippen MR) is 82.0 cm³/mol. The Morgan fingerprint density at radius 1 is 1.14 bits per heavy atom. The maximum absolute atomic E-state index is 12.0. The summed E-state index contributed by atoms with van der Waals surface area (Å²) in [5.41, 5.74) is 1.41. The van der Waals surface area contributed by atoms with Crippen LogP contribution in [0.1, 0.15) is 36.0 Å². The molecule has 116 valence electrons. The van der Waals surface area contributed by atoms with Crippen LogP contribution in [0.15, 0.2) is 42.7 Å². The average Bonchev–Trinajstić information content (AvgIpc) is 3.01. The number of nitrogens with one attached hydrogen (secondary N) is 1. The minimum Gasteiger partial charge on any atom is -0.481 e. The summed E-state index contributed by atoms with van der Waals surface area (Å²) in [5.74, 6) is -0.947. The van der Waals surface area contributed by atoms with Crippen LogP contribution in [0, 0.1) is 0 Å². The summed E-state index contributed by atoms with van der Waals surface area (Å²) < 4.78 is 1.65. The van der Waals surface area contributed by atoms with Crippen molar-refractivity contribution in [1.82, 2.24) is 15.1 Å². The van der Waals surface area contributed by atoms with Crippen molar-refractivity contribution in [3.05, 3.63) is 48.3 Å². The van der Waals surface area contributed by atoms with Gasteiger partial charge in [0, 0.05) is 19.2 Å². The zero-order valence-electron chi connectivity index (χ0n) is 12.2. The van der Waals surface area contributed by atoms with Crippen LogP contribution in [-0.2, 0) is 4.79 Å². The van der Waals surface area contributed by atoms with Crippen LogP contribution >= 0.6 is 0 Å². The molecule has 0 atom stereocenters. The van der Waals surface area contributed by atoms with Crippen molar-refractivity contribution < 1.29 is 14.7 Å². The summed E-state index contributed by atoms with van der Waals surface area (Å²) in [6.45, 7) is 0.537. The summed E-state index contributed by atoms with van der Waals surface area (Å²) in [6, 6.07) is 9.57. The normalized spacial score (nSPS) is 10.4. The number of para-hydroxylation sites is 1. The molecule has 1 aromatic heterocycles. The van der Waals surface area contributed by atoms with E-state index in [1.54, 1.807) is 10.9 Å².